The van der Waals surface area contributed by atoms with Gasteiger partial charge in [0.15, 0.2) is 0 Å². The van der Waals surface area contributed by atoms with E-state index in [1.54, 1.807) is 0 Å². The lowest BCUT2D eigenvalue weighted by atomic mass is 9.91. The highest BCUT2D eigenvalue weighted by Gasteiger charge is 2.15. The molecule has 3 rings (SSSR count). The zero-order valence-corrected chi connectivity index (χ0v) is 29.8. The van der Waals surface area contributed by atoms with E-state index in [4.69, 9.17) is 0 Å². The minimum Gasteiger partial charge on any atom is -0.507 e. The van der Waals surface area contributed by atoms with Crippen LogP contribution in [0.15, 0.2) is 24.3 Å². The fraction of sp³-hybridized carbons (Fsp3) is 0.550. The number of phenolic OH excluding ortho intramolecular Hbond substituents is 3. The standard InChI is InChI=1S/C16H26O.C14H22O.C10H14O/c1-6-13-7-8-14(9-11(2)3)16(17)15(13)10-12(4)5;1-5-10-9-11(6-2)13(8-4)14(15)12(10)7-3;1-6-5-7(2)10(11)9(4)8(6)3/h7-8,11-12,17H,6,9-10H2,1-5H3;9,15H,5-8H2,1-4H3;5,11H,1-4H3. The lowest BCUT2D eigenvalue weighted by Gasteiger charge is -2.16. The maximum absolute atomic E-state index is 10.4. The fourth-order valence-corrected chi connectivity index (χ4v) is 5.86. The number of rotatable bonds is 9. The van der Waals surface area contributed by atoms with Crippen LogP contribution in [0, 0.1) is 39.5 Å². The number of phenols is 3. The van der Waals surface area contributed by atoms with E-state index < -0.39 is 0 Å². The minimum atomic E-state index is 0.438. The van der Waals surface area contributed by atoms with Gasteiger partial charge in [-0.25, -0.2) is 0 Å². The van der Waals surface area contributed by atoms with Crippen LogP contribution in [0.25, 0.3) is 0 Å². The summed E-state index contributed by atoms with van der Waals surface area (Å²) in [4.78, 5) is 0. The Balaban J connectivity index is 0.000000330. The van der Waals surface area contributed by atoms with E-state index in [0.717, 1.165) is 72.8 Å². The van der Waals surface area contributed by atoms with Crippen LogP contribution in [-0.2, 0) is 44.9 Å². The highest BCUT2D eigenvalue weighted by Crippen LogP contribution is 2.32. The zero-order valence-electron chi connectivity index (χ0n) is 29.8. The summed E-state index contributed by atoms with van der Waals surface area (Å²) in [7, 11) is 0. The first kappa shape index (κ1) is 38.1. The minimum absolute atomic E-state index is 0.438. The molecule has 0 radical (unpaired) electrons. The molecule has 3 aromatic carbocycles. The molecule has 0 aromatic heterocycles. The van der Waals surface area contributed by atoms with E-state index in [0.29, 0.717) is 29.1 Å². The topological polar surface area (TPSA) is 60.7 Å². The molecule has 240 valence electrons. The fourth-order valence-electron chi connectivity index (χ4n) is 5.86. The summed E-state index contributed by atoms with van der Waals surface area (Å²) in [5.74, 6) is 2.71. The molecule has 3 heteroatoms. The van der Waals surface area contributed by atoms with Gasteiger partial charge in [0.25, 0.3) is 0 Å². The monoisotopic (exact) mass is 590 g/mol. The SMILES string of the molecule is CCc1cc(CC)c(CC)c(O)c1CC.CCc1ccc(CC(C)C)c(O)c1CC(C)C.Cc1cc(C)c(O)c(C)c1C. The molecule has 0 aliphatic rings. The Bertz CT molecular complexity index is 1260. The van der Waals surface area contributed by atoms with Crippen molar-refractivity contribution in [2.75, 3.05) is 0 Å². The van der Waals surface area contributed by atoms with Crippen molar-refractivity contribution in [1.29, 1.82) is 0 Å². The van der Waals surface area contributed by atoms with Gasteiger partial charge in [0.1, 0.15) is 17.2 Å². The summed E-state index contributed by atoms with van der Waals surface area (Å²) in [5.41, 5.74) is 12.9. The Kier molecular flexibility index (Phi) is 15.9. The van der Waals surface area contributed by atoms with Crippen molar-refractivity contribution in [3.05, 3.63) is 85.5 Å². The highest BCUT2D eigenvalue weighted by molar-refractivity contribution is 5.51. The van der Waals surface area contributed by atoms with E-state index in [2.05, 4.69) is 87.4 Å². The summed E-state index contributed by atoms with van der Waals surface area (Å²) in [6.07, 6.45) is 6.79. The van der Waals surface area contributed by atoms with Gasteiger partial charge >= 0.3 is 0 Å². The molecule has 0 aliphatic carbocycles. The average molecular weight is 591 g/mol. The second-order valence-corrected chi connectivity index (χ2v) is 12.8. The number of aromatic hydroxyl groups is 3. The summed E-state index contributed by atoms with van der Waals surface area (Å²) < 4.78 is 0. The molecule has 3 nitrogen and oxygen atoms in total. The van der Waals surface area contributed by atoms with Crippen molar-refractivity contribution in [1.82, 2.24) is 0 Å². The van der Waals surface area contributed by atoms with Gasteiger partial charge < -0.3 is 15.3 Å². The van der Waals surface area contributed by atoms with Crippen LogP contribution in [-0.4, -0.2) is 15.3 Å². The van der Waals surface area contributed by atoms with Crippen LogP contribution in [0.3, 0.4) is 0 Å². The van der Waals surface area contributed by atoms with Crippen molar-refractivity contribution in [2.45, 2.75) is 135 Å². The third-order valence-electron chi connectivity index (χ3n) is 8.56. The molecule has 0 bridgehead atoms. The first-order valence-electron chi connectivity index (χ1n) is 16.6. The van der Waals surface area contributed by atoms with E-state index in [1.807, 2.05) is 26.8 Å². The Hall–Kier alpha value is -2.94. The molecule has 0 saturated carbocycles. The second-order valence-electron chi connectivity index (χ2n) is 12.8. The first-order valence-corrected chi connectivity index (χ1v) is 16.6. The van der Waals surface area contributed by atoms with Gasteiger partial charge in [-0.1, -0.05) is 86.6 Å². The number of hydrogen-bond donors (Lipinski definition) is 3. The Morgan fingerprint density at radius 2 is 0.930 bits per heavy atom. The lowest BCUT2D eigenvalue weighted by Crippen LogP contribution is -2.03. The van der Waals surface area contributed by atoms with Crippen LogP contribution in [0.4, 0.5) is 0 Å². The molecule has 0 saturated heterocycles. The van der Waals surface area contributed by atoms with E-state index in [1.165, 1.54) is 33.4 Å². The smallest absolute Gasteiger partial charge is 0.122 e. The Labute approximate surface area is 264 Å². The predicted octanol–water partition coefficient (Wildman–Crippen LogP) is 10.6. The summed E-state index contributed by atoms with van der Waals surface area (Å²) >= 11 is 0. The van der Waals surface area contributed by atoms with Crippen molar-refractivity contribution in [2.24, 2.45) is 11.8 Å². The maximum Gasteiger partial charge on any atom is 0.122 e. The average Bonchev–Trinajstić information content (AvgIpc) is 2.96. The molecule has 0 atom stereocenters. The van der Waals surface area contributed by atoms with Crippen molar-refractivity contribution in [3.8, 4) is 17.2 Å². The molecule has 43 heavy (non-hydrogen) atoms. The van der Waals surface area contributed by atoms with Gasteiger partial charge in [-0.05, 0) is 146 Å². The molecule has 0 unspecified atom stereocenters. The van der Waals surface area contributed by atoms with E-state index in [-0.39, 0.29) is 0 Å². The third kappa shape index (κ3) is 10.3. The van der Waals surface area contributed by atoms with Gasteiger partial charge in [0.05, 0.1) is 0 Å². The molecular formula is C40H62O3. The summed E-state index contributed by atoms with van der Waals surface area (Å²) in [6.45, 7) is 27.4. The van der Waals surface area contributed by atoms with Crippen LogP contribution in [0.5, 0.6) is 17.2 Å². The molecule has 3 aromatic rings. The maximum atomic E-state index is 10.4. The Morgan fingerprint density at radius 3 is 1.35 bits per heavy atom. The lowest BCUT2D eigenvalue weighted by molar-refractivity contribution is 0.449. The first-order chi connectivity index (χ1) is 20.2. The quantitative estimate of drug-likeness (QED) is 0.232. The molecule has 0 aliphatic heterocycles. The molecule has 3 N–H and O–H groups in total. The van der Waals surface area contributed by atoms with Crippen LogP contribution >= 0.6 is 0 Å². The number of benzene rings is 3. The molecular weight excluding hydrogens is 528 g/mol. The van der Waals surface area contributed by atoms with Gasteiger partial charge in [0.2, 0.25) is 0 Å². The van der Waals surface area contributed by atoms with Gasteiger partial charge in [-0.3, -0.25) is 0 Å². The highest BCUT2D eigenvalue weighted by atomic mass is 16.3. The van der Waals surface area contributed by atoms with Gasteiger partial charge in [-0.15, -0.1) is 0 Å². The van der Waals surface area contributed by atoms with E-state index >= 15 is 0 Å². The zero-order chi connectivity index (χ0) is 33.0. The van der Waals surface area contributed by atoms with Crippen LogP contribution in [0.2, 0.25) is 0 Å². The van der Waals surface area contributed by atoms with Crippen molar-refractivity contribution < 1.29 is 15.3 Å². The molecule has 0 spiro atoms. The largest absolute Gasteiger partial charge is 0.507 e. The Morgan fingerprint density at radius 1 is 0.465 bits per heavy atom. The van der Waals surface area contributed by atoms with Crippen LogP contribution < -0.4 is 0 Å². The molecule has 0 amide bonds. The third-order valence-corrected chi connectivity index (χ3v) is 8.56. The predicted molar refractivity (Wildman–Crippen MR) is 187 cm³/mol. The van der Waals surface area contributed by atoms with Crippen molar-refractivity contribution in [3.63, 3.8) is 0 Å². The van der Waals surface area contributed by atoms with Crippen molar-refractivity contribution >= 4 is 0 Å². The van der Waals surface area contributed by atoms with Gasteiger partial charge in [0, 0.05) is 0 Å². The number of aryl methyl sites for hydroxylation is 5. The second kappa shape index (κ2) is 18.0. The van der Waals surface area contributed by atoms with Crippen LogP contribution in [0.1, 0.15) is 124 Å². The molecule has 0 heterocycles. The molecule has 0 fully saturated rings. The number of hydrogen-bond acceptors (Lipinski definition) is 3. The van der Waals surface area contributed by atoms with Gasteiger partial charge in [-0.2, -0.15) is 0 Å². The summed E-state index contributed by atoms with van der Waals surface area (Å²) in [6, 6.07) is 8.57. The summed E-state index contributed by atoms with van der Waals surface area (Å²) in [5, 5.41) is 30.1. The van der Waals surface area contributed by atoms with E-state index in [9.17, 15) is 15.3 Å². The normalized spacial score (nSPS) is 10.9.